The number of hydrogen-bond donors (Lipinski definition) is 2. The third-order valence-corrected chi connectivity index (χ3v) is 9.13. The lowest BCUT2D eigenvalue weighted by Crippen LogP contribution is -2.29. The van der Waals surface area contributed by atoms with Gasteiger partial charge in [-0.3, -0.25) is 14.1 Å². The summed E-state index contributed by atoms with van der Waals surface area (Å²) in [6.07, 6.45) is 43.2. The predicted octanol–water partition coefficient (Wildman–Crippen LogP) is 12.2. The van der Waals surface area contributed by atoms with Crippen molar-refractivity contribution in [3.05, 3.63) is 36.5 Å². The highest BCUT2D eigenvalue weighted by Gasteiger charge is 2.22. The fraction of sp³-hybridized carbons (Fsp3) is 0.805. The summed E-state index contributed by atoms with van der Waals surface area (Å²) < 4.78 is 26.2. The van der Waals surface area contributed by atoms with Crippen LogP contribution < -0.4 is 0 Å². The molecule has 0 saturated carbocycles. The van der Waals surface area contributed by atoms with E-state index in [0.29, 0.717) is 12.8 Å². The van der Waals surface area contributed by atoms with Crippen LogP contribution >= 0.6 is 7.82 Å². The molecule has 0 heterocycles. The first kappa shape index (κ1) is 48.3. The van der Waals surface area contributed by atoms with E-state index in [-0.39, 0.29) is 19.4 Å². The largest absolute Gasteiger partial charge is 0.469 e. The van der Waals surface area contributed by atoms with E-state index in [1.165, 1.54) is 122 Å². The quantitative estimate of drug-likeness (QED) is 0.0281. The maximum absolute atomic E-state index is 12.3. The van der Waals surface area contributed by atoms with Crippen LogP contribution in [0.25, 0.3) is 0 Å². The van der Waals surface area contributed by atoms with E-state index in [9.17, 15) is 14.2 Å². The molecule has 0 aliphatic rings. The standard InChI is InChI=1S/C41H75O8P/c1-3-5-7-9-11-13-15-17-19-20-22-23-25-27-29-31-33-35-40(42)47-37-39(38-48-50(44,45)46)49-41(43)36-34-32-30-28-26-24-21-18-16-14-12-10-8-6-4-2/h22-23,27,29-30,32,39H,3-21,24-26,28,31,33-38H2,1-2H3,(H2,44,45,46)/b23-22+,29-27+,32-30+/t39-/m1/s1. The highest BCUT2D eigenvalue weighted by Crippen LogP contribution is 2.36. The molecule has 2 N–H and O–H groups in total. The fourth-order valence-corrected chi connectivity index (χ4v) is 5.97. The van der Waals surface area contributed by atoms with Crippen LogP contribution in [-0.2, 0) is 28.2 Å². The number of carbonyl (C=O) groups excluding carboxylic acids is 2. The highest BCUT2D eigenvalue weighted by atomic mass is 31.2. The summed E-state index contributed by atoms with van der Waals surface area (Å²) in [6.45, 7) is 3.62. The lowest BCUT2D eigenvalue weighted by atomic mass is 10.1. The summed E-state index contributed by atoms with van der Waals surface area (Å²) in [6, 6.07) is 0. The van der Waals surface area contributed by atoms with Crippen LogP contribution in [0.1, 0.15) is 194 Å². The number of hydrogen-bond acceptors (Lipinski definition) is 6. The predicted molar refractivity (Wildman–Crippen MR) is 207 cm³/mol. The smallest absolute Gasteiger partial charge is 0.462 e. The van der Waals surface area contributed by atoms with Gasteiger partial charge in [-0.15, -0.1) is 0 Å². The van der Waals surface area contributed by atoms with Gasteiger partial charge >= 0.3 is 19.8 Å². The van der Waals surface area contributed by atoms with Crippen LogP contribution in [0.5, 0.6) is 0 Å². The SMILES string of the molecule is CCCCCCCCCCC/C=C/C/C=C/CCCC(=O)OC[C@H](COP(=O)(O)O)OC(=O)CC/C=C/CCCCCCCCCCCCC. The molecule has 0 aromatic carbocycles. The van der Waals surface area contributed by atoms with E-state index in [1.54, 1.807) is 0 Å². The number of carbonyl (C=O) groups is 2. The number of phosphoric acid groups is 1. The van der Waals surface area contributed by atoms with Gasteiger partial charge in [-0.25, -0.2) is 4.57 Å². The van der Waals surface area contributed by atoms with Crippen LogP contribution in [0.3, 0.4) is 0 Å². The lowest BCUT2D eigenvalue weighted by Gasteiger charge is -2.18. The Bertz CT molecular complexity index is 910. The Labute approximate surface area is 306 Å². The summed E-state index contributed by atoms with van der Waals surface area (Å²) in [5.74, 6) is -0.992. The summed E-state index contributed by atoms with van der Waals surface area (Å²) in [7, 11) is -4.77. The molecule has 0 aliphatic carbocycles. The molecule has 9 heteroatoms. The molecular formula is C41H75O8P. The fourth-order valence-electron chi connectivity index (χ4n) is 5.61. The molecule has 0 spiro atoms. The van der Waals surface area contributed by atoms with E-state index >= 15 is 0 Å². The monoisotopic (exact) mass is 727 g/mol. The van der Waals surface area contributed by atoms with Gasteiger partial charge < -0.3 is 19.3 Å². The second-order valence-electron chi connectivity index (χ2n) is 13.6. The molecule has 50 heavy (non-hydrogen) atoms. The van der Waals surface area contributed by atoms with Crippen molar-refractivity contribution in [3.63, 3.8) is 0 Å². The molecule has 292 valence electrons. The minimum atomic E-state index is -4.77. The summed E-state index contributed by atoms with van der Waals surface area (Å²) >= 11 is 0. The van der Waals surface area contributed by atoms with Gasteiger partial charge in [0.1, 0.15) is 6.61 Å². The van der Waals surface area contributed by atoms with Crippen molar-refractivity contribution in [2.45, 2.75) is 200 Å². The first-order valence-corrected chi connectivity index (χ1v) is 21.8. The van der Waals surface area contributed by atoms with Crippen molar-refractivity contribution >= 4 is 19.8 Å². The molecule has 0 unspecified atom stereocenters. The summed E-state index contributed by atoms with van der Waals surface area (Å²) in [5, 5.41) is 0. The van der Waals surface area contributed by atoms with E-state index in [4.69, 9.17) is 19.3 Å². The second kappa shape index (κ2) is 37.0. The van der Waals surface area contributed by atoms with Crippen LogP contribution in [0.4, 0.5) is 0 Å². The van der Waals surface area contributed by atoms with Crippen molar-refractivity contribution in [2.24, 2.45) is 0 Å². The normalized spacial score (nSPS) is 12.8. The van der Waals surface area contributed by atoms with Crippen molar-refractivity contribution in [3.8, 4) is 0 Å². The van der Waals surface area contributed by atoms with Crippen LogP contribution in [0, 0.1) is 0 Å². The zero-order valence-corrected chi connectivity index (χ0v) is 32.9. The number of phosphoric ester groups is 1. The Hall–Kier alpha value is -1.73. The Morgan fingerprint density at radius 1 is 0.520 bits per heavy atom. The van der Waals surface area contributed by atoms with Gasteiger partial charge in [0.25, 0.3) is 0 Å². The zero-order chi connectivity index (χ0) is 36.8. The van der Waals surface area contributed by atoms with Gasteiger partial charge in [0.05, 0.1) is 6.61 Å². The number of esters is 2. The van der Waals surface area contributed by atoms with Crippen molar-refractivity contribution in [1.82, 2.24) is 0 Å². The van der Waals surface area contributed by atoms with Crippen molar-refractivity contribution in [2.75, 3.05) is 13.2 Å². The minimum absolute atomic E-state index is 0.121. The summed E-state index contributed by atoms with van der Waals surface area (Å²) in [5.41, 5.74) is 0. The van der Waals surface area contributed by atoms with Gasteiger partial charge in [-0.1, -0.05) is 166 Å². The Morgan fingerprint density at radius 2 is 0.940 bits per heavy atom. The van der Waals surface area contributed by atoms with Gasteiger partial charge in [0, 0.05) is 12.8 Å². The van der Waals surface area contributed by atoms with Crippen molar-refractivity contribution < 1.29 is 37.9 Å². The number of rotatable bonds is 37. The molecule has 1 atom stereocenters. The van der Waals surface area contributed by atoms with Crippen LogP contribution in [0.15, 0.2) is 36.5 Å². The van der Waals surface area contributed by atoms with Crippen LogP contribution in [0.2, 0.25) is 0 Å². The zero-order valence-electron chi connectivity index (χ0n) is 32.0. The second-order valence-corrected chi connectivity index (χ2v) is 14.8. The lowest BCUT2D eigenvalue weighted by molar-refractivity contribution is -0.161. The number of unbranched alkanes of at least 4 members (excludes halogenated alkanes) is 21. The molecule has 0 saturated heterocycles. The van der Waals surface area contributed by atoms with Crippen LogP contribution in [-0.4, -0.2) is 41.0 Å². The van der Waals surface area contributed by atoms with E-state index in [1.807, 2.05) is 6.08 Å². The molecular weight excluding hydrogens is 651 g/mol. The van der Waals surface area contributed by atoms with Crippen molar-refractivity contribution in [1.29, 1.82) is 0 Å². The molecule has 0 aromatic heterocycles. The Balaban J connectivity index is 4.03. The molecule has 0 fully saturated rings. The Kier molecular flexibility index (Phi) is 35.8. The molecule has 0 bridgehead atoms. The van der Waals surface area contributed by atoms with Gasteiger partial charge in [0.2, 0.25) is 0 Å². The highest BCUT2D eigenvalue weighted by molar-refractivity contribution is 7.46. The van der Waals surface area contributed by atoms with Gasteiger partial charge in [-0.2, -0.15) is 0 Å². The molecule has 0 aromatic rings. The first-order chi connectivity index (χ1) is 24.3. The molecule has 8 nitrogen and oxygen atoms in total. The van der Waals surface area contributed by atoms with Gasteiger partial charge in [-0.05, 0) is 51.4 Å². The minimum Gasteiger partial charge on any atom is -0.462 e. The average Bonchev–Trinajstić information content (AvgIpc) is 3.08. The topological polar surface area (TPSA) is 119 Å². The number of ether oxygens (including phenoxy) is 2. The van der Waals surface area contributed by atoms with Gasteiger partial charge in [0.15, 0.2) is 6.10 Å². The Morgan fingerprint density at radius 3 is 1.42 bits per heavy atom. The molecule has 0 amide bonds. The summed E-state index contributed by atoms with van der Waals surface area (Å²) in [4.78, 5) is 42.7. The van der Waals surface area contributed by atoms with E-state index in [2.05, 4.69) is 48.8 Å². The third kappa shape index (κ3) is 39.1. The average molecular weight is 727 g/mol. The third-order valence-electron chi connectivity index (χ3n) is 8.64. The number of allylic oxidation sites excluding steroid dienone is 6. The van der Waals surface area contributed by atoms with E-state index < -0.39 is 32.5 Å². The first-order valence-electron chi connectivity index (χ1n) is 20.3. The van der Waals surface area contributed by atoms with E-state index in [0.717, 1.165) is 32.1 Å². The molecule has 0 aliphatic heterocycles. The maximum atomic E-state index is 12.3. The molecule has 0 rings (SSSR count). The molecule has 0 radical (unpaired) electrons. The maximum Gasteiger partial charge on any atom is 0.469 e.